The van der Waals surface area contributed by atoms with Crippen LogP contribution in [0.4, 0.5) is 13.2 Å². The van der Waals surface area contributed by atoms with Gasteiger partial charge in [-0.15, -0.1) is 0 Å². The SMILES string of the molecule is CNCc1ccc(F)cc1-c1ccc(F)c(F)c1. The van der Waals surface area contributed by atoms with Gasteiger partial charge in [-0.1, -0.05) is 12.1 Å². The van der Waals surface area contributed by atoms with Crippen LogP contribution < -0.4 is 5.32 Å². The molecular weight excluding hydrogens is 239 g/mol. The van der Waals surface area contributed by atoms with Crippen LogP contribution in [-0.2, 0) is 6.54 Å². The number of nitrogens with one attached hydrogen (secondary N) is 1. The summed E-state index contributed by atoms with van der Waals surface area (Å²) in [6, 6.07) is 7.84. The van der Waals surface area contributed by atoms with E-state index in [-0.39, 0.29) is 0 Å². The van der Waals surface area contributed by atoms with E-state index in [1.54, 1.807) is 13.1 Å². The highest BCUT2D eigenvalue weighted by Gasteiger charge is 2.09. The molecule has 4 heteroatoms. The van der Waals surface area contributed by atoms with Crippen molar-refractivity contribution in [3.63, 3.8) is 0 Å². The normalized spacial score (nSPS) is 10.7. The van der Waals surface area contributed by atoms with Gasteiger partial charge in [0.1, 0.15) is 5.82 Å². The van der Waals surface area contributed by atoms with E-state index in [1.807, 2.05) is 0 Å². The lowest BCUT2D eigenvalue weighted by molar-refractivity contribution is 0.509. The van der Waals surface area contributed by atoms with Gasteiger partial charge in [-0.05, 0) is 48.0 Å². The van der Waals surface area contributed by atoms with Crippen molar-refractivity contribution in [3.8, 4) is 11.1 Å². The largest absolute Gasteiger partial charge is 0.316 e. The lowest BCUT2D eigenvalue weighted by Crippen LogP contribution is -2.06. The first-order valence-corrected chi connectivity index (χ1v) is 5.50. The first kappa shape index (κ1) is 12.6. The van der Waals surface area contributed by atoms with Gasteiger partial charge < -0.3 is 5.32 Å². The molecule has 0 saturated heterocycles. The molecule has 2 aromatic rings. The van der Waals surface area contributed by atoms with Gasteiger partial charge in [0, 0.05) is 6.54 Å². The molecule has 1 nitrogen and oxygen atoms in total. The van der Waals surface area contributed by atoms with E-state index in [0.29, 0.717) is 17.7 Å². The molecule has 0 aliphatic rings. The number of halogens is 3. The average Bonchev–Trinajstić information content (AvgIpc) is 2.35. The van der Waals surface area contributed by atoms with E-state index in [2.05, 4.69) is 5.32 Å². The van der Waals surface area contributed by atoms with Gasteiger partial charge in [0.25, 0.3) is 0 Å². The van der Waals surface area contributed by atoms with Crippen LogP contribution >= 0.6 is 0 Å². The third kappa shape index (κ3) is 2.54. The molecule has 0 atom stereocenters. The molecule has 0 bridgehead atoms. The number of hydrogen-bond donors (Lipinski definition) is 1. The van der Waals surface area contributed by atoms with Crippen LogP contribution in [0.1, 0.15) is 5.56 Å². The molecule has 0 unspecified atom stereocenters. The van der Waals surface area contributed by atoms with Crippen LogP contribution in [0.5, 0.6) is 0 Å². The summed E-state index contributed by atoms with van der Waals surface area (Å²) in [6.45, 7) is 0.522. The van der Waals surface area contributed by atoms with E-state index < -0.39 is 17.5 Å². The summed E-state index contributed by atoms with van der Waals surface area (Å²) < 4.78 is 39.3. The van der Waals surface area contributed by atoms with Gasteiger partial charge in [0.05, 0.1) is 0 Å². The Morgan fingerprint density at radius 3 is 2.39 bits per heavy atom. The standard InChI is InChI=1S/C14H12F3N/c1-18-8-10-2-4-11(15)7-12(10)9-3-5-13(16)14(17)6-9/h2-7,18H,8H2,1H3. The Balaban J connectivity index is 2.54. The highest BCUT2D eigenvalue weighted by atomic mass is 19.2. The highest BCUT2D eigenvalue weighted by molar-refractivity contribution is 5.67. The second-order valence-corrected chi connectivity index (χ2v) is 3.96. The van der Waals surface area contributed by atoms with Crippen molar-refractivity contribution in [2.75, 3.05) is 7.05 Å². The molecule has 94 valence electrons. The number of hydrogen-bond acceptors (Lipinski definition) is 1. The van der Waals surface area contributed by atoms with Crippen LogP contribution in [0.3, 0.4) is 0 Å². The minimum Gasteiger partial charge on any atom is -0.316 e. The molecule has 0 heterocycles. The zero-order chi connectivity index (χ0) is 13.1. The Kier molecular flexibility index (Phi) is 3.67. The summed E-state index contributed by atoms with van der Waals surface area (Å²) in [5.41, 5.74) is 1.84. The van der Waals surface area contributed by atoms with Gasteiger partial charge in [-0.2, -0.15) is 0 Å². The van der Waals surface area contributed by atoms with Crippen LogP contribution in [0.15, 0.2) is 36.4 Å². The Labute approximate surface area is 103 Å². The van der Waals surface area contributed by atoms with E-state index in [4.69, 9.17) is 0 Å². The monoisotopic (exact) mass is 251 g/mol. The molecule has 0 saturated carbocycles. The molecule has 0 spiro atoms. The minimum atomic E-state index is -0.938. The smallest absolute Gasteiger partial charge is 0.159 e. The van der Waals surface area contributed by atoms with Gasteiger partial charge in [-0.3, -0.25) is 0 Å². The third-order valence-electron chi connectivity index (χ3n) is 2.67. The van der Waals surface area contributed by atoms with Crippen LogP contribution in [0, 0.1) is 17.5 Å². The second-order valence-electron chi connectivity index (χ2n) is 3.96. The fourth-order valence-electron chi connectivity index (χ4n) is 1.83. The van der Waals surface area contributed by atoms with Crippen LogP contribution in [0.2, 0.25) is 0 Å². The van der Waals surface area contributed by atoms with Gasteiger partial charge >= 0.3 is 0 Å². The summed E-state index contributed by atoms with van der Waals surface area (Å²) >= 11 is 0. The van der Waals surface area contributed by atoms with E-state index in [0.717, 1.165) is 17.7 Å². The molecule has 0 aromatic heterocycles. The van der Waals surface area contributed by atoms with Crippen molar-refractivity contribution >= 4 is 0 Å². The van der Waals surface area contributed by atoms with Crippen molar-refractivity contribution < 1.29 is 13.2 Å². The maximum Gasteiger partial charge on any atom is 0.159 e. The third-order valence-corrected chi connectivity index (χ3v) is 2.67. The zero-order valence-corrected chi connectivity index (χ0v) is 9.81. The molecule has 0 aliphatic carbocycles. The molecule has 0 aliphatic heterocycles. The Hall–Kier alpha value is -1.81. The predicted octanol–water partition coefficient (Wildman–Crippen LogP) is 3.49. The molecule has 2 rings (SSSR count). The fourth-order valence-corrected chi connectivity index (χ4v) is 1.83. The predicted molar refractivity (Wildman–Crippen MR) is 64.5 cm³/mol. The molecule has 0 amide bonds. The topological polar surface area (TPSA) is 12.0 Å². The molecule has 0 fully saturated rings. The molecule has 1 N–H and O–H groups in total. The summed E-state index contributed by atoms with van der Waals surface area (Å²) in [5, 5.41) is 2.95. The highest BCUT2D eigenvalue weighted by Crippen LogP contribution is 2.26. The number of rotatable bonds is 3. The van der Waals surface area contributed by atoms with Crippen molar-refractivity contribution in [1.29, 1.82) is 0 Å². The first-order chi connectivity index (χ1) is 8.61. The lowest BCUT2D eigenvalue weighted by atomic mass is 9.99. The van der Waals surface area contributed by atoms with E-state index in [9.17, 15) is 13.2 Å². The maximum absolute atomic E-state index is 13.3. The minimum absolute atomic E-state index is 0.408. The summed E-state index contributed by atoms with van der Waals surface area (Å²) in [7, 11) is 1.76. The van der Waals surface area contributed by atoms with Crippen molar-refractivity contribution in [2.45, 2.75) is 6.54 Å². The fraction of sp³-hybridized carbons (Fsp3) is 0.143. The molecule has 2 aromatic carbocycles. The molecular formula is C14H12F3N. The Bertz CT molecular complexity index is 567. The quantitative estimate of drug-likeness (QED) is 0.880. The van der Waals surface area contributed by atoms with Crippen LogP contribution in [-0.4, -0.2) is 7.05 Å². The average molecular weight is 251 g/mol. The Morgan fingerprint density at radius 2 is 1.72 bits per heavy atom. The first-order valence-electron chi connectivity index (χ1n) is 5.50. The van der Waals surface area contributed by atoms with Crippen molar-refractivity contribution in [2.24, 2.45) is 0 Å². The summed E-state index contributed by atoms with van der Waals surface area (Å²) in [6.07, 6.45) is 0. The molecule has 18 heavy (non-hydrogen) atoms. The number of benzene rings is 2. The van der Waals surface area contributed by atoms with E-state index >= 15 is 0 Å². The molecule has 0 radical (unpaired) electrons. The second kappa shape index (κ2) is 5.23. The van der Waals surface area contributed by atoms with Gasteiger partial charge in [0.15, 0.2) is 11.6 Å². The lowest BCUT2D eigenvalue weighted by Gasteiger charge is -2.10. The van der Waals surface area contributed by atoms with Gasteiger partial charge in [-0.25, -0.2) is 13.2 Å². The van der Waals surface area contributed by atoms with Crippen LogP contribution in [0.25, 0.3) is 11.1 Å². The Morgan fingerprint density at radius 1 is 0.944 bits per heavy atom. The maximum atomic E-state index is 13.3. The van der Waals surface area contributed by atoms with Gasteiger partial charge in [0.2, 0.25) is 0 Å². The van der Waals surface area contributed by atoms with Crippen molar-refractivity contribution in [3.05, 3.63) is 59.4 Å². The zero-order valence-electron chi connectivity index (χ0n) is 9.81. The summed E-state index contributed by atoms with van der Waals surface area (Å²) in [5.74, 6) is -2.26. The van der Waals surface area contributed by atoms with Crippen molar-refractivity contribution in [1.82, 2.24) is 5.32 Å². The summed E-state index contributed by atoms with van der Waals surface area (Å²) in [4.78, 5) is 0. The van der Waals surface area contributed by atoms with E-state index in [1.165, 1.54) is 18.2 Å².